The zero-order chi connectivity index (χ0) is 19.6. The Bertz CT molecular complexity index is 836. The summed E-state index contributed by atoms with van der Waals surface area (Å²) in [6, 6.07) is 11.8. The summed E-state index contributed by atoms with van der Waals surface area (Å²) < 4.78 is 10.4. The van der Waals surface area contributed by atoms with Crippen molar-refractivity contribution < 1.29 is 23.9 Å². The minimum absolute atomic E-state index is 0.234. The maximum absolute atomic E-state index is 11.9. The number of benzene rings is 2. The summed E-state index contributed by atoms with van der Waals surface area (Å²) in [6.07, 6.45) is 1.46. The lowest BCUT2D eigenvalue weighted by Gasteiger charge is -2.07. The number of carbonyl (C=O) groups excluding carboxylic acids is 2. The first-order valence-electron chi connectivity index (χ1n) is 8.06. The van der Waals surface area contributed by atoms with Gasteiger partial charge in [-0.15, -0.1) is 0 Å². The van der Waals surface area contributed by atoms with E-state index >= 15 is 0 Å². The van der Waals surface area contributed by atoms with E-state index in [1.165, 1.54) is 13.3 Å². The average Bonchev–Trinajstić information content (AvgIpc) is 2.70. The van der Waals surface area contributed by atoms with E-state index in [1.807, 2.05) is 0 Å². The zero-order valence-electron chi connectivity index (χ0n) is 15.3. The standard InChI is InChI=1S/C19H21N3O5/c1-20-19(24)14-5-4-6-15(10-14)22-18(23)12-27-21-11-13-7-8-16(25-2)17(9-13)26-3/h4-11H,12H2,1-3H3,(H,20,24)(H,22,23)/b21-11+. The zero-order valence-corrected chi connectivity index (χ0v) is 15.3. The van der Waals surface area contributed by atoms with E-state index in [-0.39, 0.29) is 12.5 Å². The number of carbonyl (C=O) groups is 2. The normalized spacial score (nSPS) is 10.3. The van der Waals surface area contributed by atoms with Crippen LogP contribution in [0.5, 0.6) is 11.5 Å². The van der Waals surface area contributed by atoms with Crippen LogP contribution in [0.4, 0.5) is 5.69 Å². The molecular formula is C19H21N3O5. The molecule has 142 valence electrons. The van der Waals surface area contributed by atoms with E-state index in [0.29, 0.717) is 22.7 Å². The molecule has 0 atom stereocenters. The van der Waals surface area contributed by atoms with Crippen molar-refractivity contribution >= 4 is 23.7 Å². The van der Waals surface area contributed by atoms with Gasteiger partial charge in [0.2, 0.25) is 0 Å². The fraction of sp³-hybridized carbons (Fsp3) is 0.211. The Labute approximate surface area is 157 Å². The highest BCUT2D eigenvalue weighted by Crippen LogP contribution is 2.26. The predicted molar refractivity (Wildman–Crippen MR) is 102 cm³/mol. The monoisotopic (exact) mass is 371 g/mol. The summed E-state index contributed by atoms with van der Waals surface area (Å²) in [7, 11) is 4.63. The Hall–Kier alpha value is -3.55. The fourth-order valence-corrected chi connectivity index (χ4v) is 2.21. The van der Waals surface area contributed by atoms with Crippen LogP contribution in [0.1, 0.15) is 15.9 Å². The van der Waals surface area contributed by atoms with Crippen LogP contribution in [0.3, 0.4) is 0 Å². The Morgan fingerprint density at radius 1 is 1.07 bits per heavy atom. The van der Waals surface area contributed by atoms with Gasteiger partial charge in [-0.1, -0.05) is 11.2 Å². The molecule has 0 unspecified atom stereocenters. The van der Waals surface area contributed by atoms with E-state index in [2.05, 4.69) is 15.8 Å². The van der Waals surface area contributed by atoms with Crippen LogP contribution in [0.2, 0.25) is 0 Å². The minimum Gasteiger partial charge on any atom is -0.493 e. The highest BCUT2D eigenvalue weighted by Gasteiger charge is 2.07. The van der Waals surface area contributed by atoms with Gasteiger partial charge in [0.15, 0.2) is 18.1 Å². The maximum Gasteiger partial charge on any atom is 0.265 e. The maximum atomic E-state index is 11.9. The van der Waals surface area contributed by atoms with E-state index in [9.17, 15) is 9.59 Å². The summed E-state index contributed by atoms with van der Waals surface area (Å²) in [4.78, 5) is 28.5. The Morgan fingerprint density at radius 2 is 1.85 bits per heavy atom. The first-order valence-corrected chi connectivity index (χ1v) is 8.06. The molecule has 0 radical (unpaired) electrons. The van der Waals surface area contributed by atoms with Gasteiger partial charge in [0.1, 0.15) is 0 Å². The van der Waals surface area contributed by atoms with Crippen LogP contribution in [0.25, 0.3) is 0 Å². The number of hydrogen-bond acceptors (Lipinski definition) is 6. The second-order valence-corrected chi connectivity index (χ2v) is 5.33. The van der Waals surface area contributed by atoms with Gasteiger partial charge in [0.05, 0.1) is 20.4 Å². The second kappa shape index (κ2) is 9.81. The molecular weight excluding hydrogens is 350 g/mol. The third-order valence-electron chi connectivity index (χ3n) is 3.52. The molecule has 0 spiro atoms. The molecule has 2 amide bonds. The lowest BCUT2D eigenvalue weighted by molar-refractivity contribution is -0.120. The van der Waals surface area contributed by atoms with Crippen molar-refractivity contribution in [3.05, 3.63) is 53.6 Å². The van der Waals surface area contributed by atoms with Gasteiger partial charge in [0.25, 0.3) is 11.8 Å². The molecule has 8 heteroatoms. The van der Waals surface area contributed by atoms with Crippen molar-refractivity contribution in [2.24, 2.45) is 5.16 Å². The highest BCUT2D eigenvalue weighted by molar-refractivity contribution is 5.97. The van der Waals surface area contributed by atoms with Crippen molar-refractivity contribution in [2.45, 2.75) is 0 Å². The molecule has 2 aromatic rings. The molecule has 0 heterocycles. The van der Waals surface area contributed by atoms with Crippen LogP contribution in [-0.4, -0.2) is 45.9 Å². The van der Waals surface area contributed by atoms with Gasteiger partial charge in [-0.25, -0.2) is 0 Å². The molecule has 8 nitrogen and oxygen atoms in total. The van der Waals surface area contributed by atoms with Crippen molar-refractivity contribution in [2.75, 3.05) is 33.2 Å². The lowest BCUT2D eigenvalue weighted by Crippen LogP contribution is -2.19. The molecule has 2 rings (SSSR count). The largest absolute Gasteiger partial charge is 0.493 e. The molecule has 0 aliphatic rings. The number of hydrogen-bond donors (Lipinski definition) is 2. The second-order valence-electron chi connectivity index (χ2n) is 5.33. The van der Waals surface area contributed by atoms with E-state index in [0.717, 1.165) is 5.56 Å². The Morgan fingerprint density at radius 3 is 2.56 bits per heavy atom. The minimum atomic E-state index is -0.395. The van der Waals surface area contributed by atoms with Crippen molar-refractivity contribution in [3.8, 4) is 11.5 Å². The van der Waals surface area contributed by atoms with E-state index in [1.54, 1.807) is 56.7 Å². The number of oxime groups is 1. The van der Waals surface area contributed by atoms with E-state index in [4.69, 9.17) is 14.3 Å². The molecule has 27 heavy (non-hydrogen) atoms. The van der Waals surface area contributed by atoms with E-state index < -0.39 is 5.91 Å². The number of ether oxygens (including phenoxy) is 2. The van der Waals surface area contributed by atoms with Crippen LogP contribution < -0.4 is 20.1 Å². The Kier molecular flexibility index (Phi) is 7.18. The molecule has 0 saturated carbocycles. The van der Waals surface area contributed by atoms with Crippen molar-refractivity contribution in [1.82, 2.24) is 5.32 Å². The number of rotatable bonds is 8. The first kappa shape index (κ1) is 19.8. The lowest BCUT2D eigenvalue weighted by atomic mass is 10.2. The number of amides is 2. The molecule has 0 saturated heterocycles. The van der Waals surface area contributed by atoms with Crippen LogP contribution in [-0.2, 0) is 9.63 Å². The number of anilines is 1. The van der Waals surface area contributed by atoms with Crippen molar-refractivity contribution in [1.29, 1.82) is 0 Å². The average molecular weight is 371 g/mol. The summed E-state index contributed by atoms with van der Waals surface area (Å²) in [5.74, 6) is 0.541. The third kappa shape index (κ3) is 5.74. The summed E-state index contributed by atoms with van der Waals surface area (Å²) in [5, 5.41) is 8.93. The van der Waals surface area contributed by atoms with Gasteiger partial charge in [0, 0.05) is 23.9 Å². The first-order chi connectivity index (χ1) is 13.1. The van der Waals surface area contributed by atoms with Crippen molar-refractivity contribution in [3.63, 3.8) is 0 Å². The van der Waals surface area contributed by atoms with Gasteiger partial charge >= 0.3 is 0 Å². The molecule has 0 bridgehead atoms. The van der Waals surface area contributed by atoms with Gasteiger partial charge in [-0.3, -0.25) is 9.59 Å². The summed E-state index contributed by atoms with van der Waals surface area (Å²) in [6.45, 7) is -0.270. The van der Waals surface area contributed by atoms with Crippen LogP contribution in [0, 0.1) is 0 Å². The smallest absolute Gasteiger partial charge is 0.265 e. The molecule has 2 N–H and O–H groups in total. The van der Waals surface area contributed by atoms with Gasteiger partial charge < -0.3 is 24.9 Å². The SMILES string of the molecule is CNC(=O)c1cccc(NC(=O)CO/N=C/c2ccc(OC)c(OC)c2)c1. The molecule has 0 aliphatic carbocycles. The Balaban J connectivity index is 1.87. The quantitative estimate of drug-likeness (QED) is 0.547. The van der Waals surface area contributed by atoms with Gasteiger partial charge in [-0.05, 0) is 36.4 Å². The molecule has 0 aliphatic heterocycles. The molecule has 0 aromatic heterocycles. The number of nitrogens with one attached hydrogen (secondary N) is 2. The van der Waals surface area contributed by atoms with Crippen LogP contribution in [0.15, 0.2) is 47.6 Å². The third-order valence-corrected chi connectivity index (χ3v) is 3.52. The van der Waals surface area contributed by atoms with Crippen LogP contribution >= 0.6 is 0 Å². The molecule has 0 fully saturated rings. The summed E-state index contributed by atoms with van der Waals surface area (Å²) >= 11 is 0. The topological polar surface area (TPSA) is 98.3 Å². The highest BCUT2D eigenvalue weighted by atomic mass is 16.6. The summed E-state index contributed by atoms with van der Waals surface area (Å²) in [5.41, 5.74) is 1.67. The number of methoxy groups -OCH3 is 2. The fourth-order valence-electron chi connectivity index (χ4n) is 2.21. The molecule has 2 aromatic carbocycles. The number of nitrogens with zero attached hydrogens (tertiary/aromatic N) is 1. The predicted octanol–water partition coefficient (Wildman–Crippen LogP) is 2.05. The van der Waals surface area contributed by atoms with Gasteiger partial charge in [-0.2, -0.15) is 0 Å².